The highest BCUT2D eigenvalue weighted by atomic mass is 16.3. The monoisotopic (exact) mass is 234 g/mol. The zero-order valence-electron chi connectivity index (χ0n) is 11.0. The minimum Gasteiger partial charge on any atom is -0.508 e. The van der Waals surface area contributed by atoms with E-state index in [2.05, 4.69) is 6.92 Å². The second-order valence-electron chi connectivity index (χ2n) is 4.58. The highest BCUT2D eigenvalue weighted by molar-refractivity contribution is 5.78. The number of aryl methyl sites for hydroxylation is 1. The fraction of sp³-hybridized carbons (Fsp3) is 0.533. The number of phenolic OH excluding ortho intramolecular Hbond substituents is 1. The third-order valence-electron chi connectivity index (χ3n) is 3.35. The highest BCUT2D eigenvalue weighted by Gasteiger charge is 2.12. The Kier molecular flexibility index (Phi) is 5.20. The van der Waals surface area contributed by atoms with Gasteiger partial charge in [-0.1, -0.05) is 26.0 Å². The molecule has 0 spiro atoms. The number of benzene rings is 1. The molecule has 0 aliphatic carbocycles. The third-order valence-corrected chi connectivity index (χ3v) is 3.35. The van der Waals surface area contributed by atoms with E-state index >= 15 is 0 Å². The summed E-state index contributed by atoms with van der Waals surface area (Å²) in [5.41, 5.74) is 2.13. The Morgan fingerprint density at radius 3 is 2.59 bits per heavy atom. The van der Waals surface area contributed by atoms with Crippen LogP contribution in [0.3, 0.4) is 0 Å². The molecule has 0 amide bonds. The van der Waals surface area contributed by atoms with Gasteiger partial charge in [-0.15, -0.1) is 0 Å². The van der Waals surface area contributed by atoms with E-state index in [1.165, 1.54) is 5.56 Å². The van der Waals surface area contributed by atoms with Crippen LogP contribution in [0.25, 0.3) is 0 Å². The molecule has 17 heavy (non-hydrogen) atoms. The number of rotatable bonds is 6. The molecule has 1 aromatic rings. The second kappa shape index (κ2) is 6.43. The van der Waals surface area contributed by atoms with E-state index in [0.717, 1.165) is 18.4 Å². The molecule has 2 nitrogen and oxygen atoms in total. The Hall–Kier alpha value is -1.31. The van der Waals surface area contributed by atoms with Crippen LogP contribution in [0.15, 0.2) is 18.2 Å². The summed E-state index contributed by atoms with van der Waals surface area (Å²) in [4.78, 5) is 11.3. The molecule has 0 saturated heterocycles. The Morgan fingerprint density at radius 2 is 2.06 bits per heavy atom. The van der Waals surface area contributed by atoms with Crippen LogP contribution >= 0.6 is 0 Å². The van der Waals surface area contributed by atoms with Gasteiger partial charge in [0, 0.05) is 12.8 Å². The van der Waals surface area contributed by atoms with Gasteiger partial charge in [0.1, 0.15) is 11.5 Å². The normalized spacial score (nSPS) is 12.4. The van der Waals surface area contributed by atoms with E-state index < -0.39 is 0 Å². The lowest BCUT2D eigenvalue weighted by Crippen LogP contribution is -2.02. The minimum atomic E-state index is 0.332. The first-order valence-electron chi connectivity index (χ1n) is 6.39. The van der Waals surface area contributed by atoms with Gasteiger partial charge in [0.15, 0.2) is 0 Å². The number of hydrogen-bond acceptors (Lipinski definition) is 2. The molecular weight excluding hydrogens is 212 g/mol. The lowest BCUT2D eigenvalue weighted by molar-refractivity contribution is -0.118. The average molecular weight is 234 g/mol. The Bertz CT molecular complexity index is 383. The van der Waals surface area contributed by atoms with Gasteiger partial charge >= 0.3 is 0 Å². The van der Waals surface area contributed by atoms with E-state index in [-0.39, 0.29) is 0 Å². The molecule has 1 N–H and O–H groups in total. The van der Waals surface area contributed by atoms with E-state index in [0.29, 0.717) is 30.3 Å². The first-order valence-corrected chi connectivity index (χ1v) is 6.39. The fourth-order valence-corrected chi connectivity index (χ4v) is 2.05. The fourth-order valence-electron chi connectivity index (χ4n) is 2.05. The van der Waals surface area contributed by atoms with Crippen LogP contribution in [0.1, 0.15) is 56.6 Å². The number of hydrogen-bond donors (Lipinski definition) is 1. The van der Waals surface area contributed by atoms with Crippen molar-refractivity contribution in [1.29, 1.82) is 0 Å². The van der Waals surface area contributed by atoms with Crippen LogP contribution in [0.4, 0.5) is 0 Å². The molecule has 1 atom stereocenters. The van der Waals surface area contributed by atoms with Crippen molar-refractivity contribution >= 4 is 5.78 Å². The first kappa shape index (κ1) is 13.8. The molecule has 0 bridgehead atoms. The third kappa shape index (κ3) is 3.88. The quantitative estimate of drug-likeness (QED) is 0.809. The maximum Gasteiger partial charge on any atom is 0.132 e. The van der Waals surface area contributed by atoms with Crippen LogP contribution < -0.4 is 0 Å². The SMILES string of the molecule is CCC(=O)CCC(CC)c1ccc(O)c(C)c1. The van der Waals surface area contributed by atoms with Crippen LogP contribution in [0.2, 0.25) is 0 Å². The van der Waals surface area contributed by atoms with Crippen LogP contribution in [0.5, 0.6) is 5.75 Å². The number of ketones is 1. The van der Waals surface area contributed by atoms with Crippen molar-refractivity contribution < 1.29 is 9.90 Å². The zero-order valence-corrected chi connectivity index (χ0v) is 11.0. The summed E-state index contributed by atoms with van der Waals surface area (Å²) in [7, 11) is 0. The smallest absolute Gasteiger partial charge is 0.132 e. The Morgan fingerprint density at radius 1 is 1.35 bits per heavy atom. The van der Waals surface area contributed by atoms with Crippen molar-refractivity contribution in [1.82, 2.24) is 0 Å². The number of Topliss-reactive ketones (excluding diaryl/α,β-unsaturated/α-hetero) is 1. The van der Waals surface area contributed by atoms with Crippen LogP contribution in [-0.2, 0) is 4.79 Å². The number of phenols is 1. The zero-order chi connectivity index (χ0) is 12.8. The molecule has 1 unspecified atom stereocenters. The van der Waals surface area contributed by atoms with Gasteiger partial charge in [0.25, 0.3) is 0 Å². The molecular formula is C15H22O2. The summed E-state index contributed by atoms with van der Waals surface area (Å²) < 4.78 is 0. The summed E-state index contributed by atoms with van der Waals surface area (Å²) in [5.74, 6) is 1.09. The van der Waals surface area contributed by atoms with Gasteiger partial charge in [-0.2, -0.15) is 0 Å². The summed E-state index contributed by atoms with van der Waals surface area (Å²) >= 11 is 0. The van der Waals surface area contributed by atoms with Crippen molar-refractivity contribution in [2.24, 2.45) is 0 Å². The van der Waals surface area contributed by atoms with Crippen LogP contribution in [0, 0.1) is 6.92 Å². The second-order valence-corrected chi connectivity index (χ2v) is 4.58. The molecule has 0 aliphatic heterocycles. The van der Waals surface area contributed by atoms with Gasteiger partial charge in [-0.25, -0.2) is 0 Å². The summed E-state index contributed by atoms with van der Waals surface area (Å²) in [6, 6.07) is 5.74. The largest absolute Gasteiger partial charge is 0.508 e. The predicted octanol–water partition coefficient (Wildman–Crippen LogP) is 3.95. The molecule has 0 radical (unpaired) electrons. The standard InChI is InChI=1S/C15H22O2/c1-4-12(6-8-14(16)5-2)13-7-9-15(17)11(3)10-13/h7,9-10,12,17H,4-6,8H2,1-3H3. The maximum absolute atomic E-state index is 11.3. The molecule has 0 saturated carbocycles. The molecule has 1 aromatic carbocycles. The molecule has 2 heteroatoms. The molecule has 0 heterocycles. The Labute approximate surface area is 104 Å². The molecule has 94 valence electrons. The van der Waals surface area contributed by atoms with E-state index in [1.807, 2.05) is 26.0 Å². The van der Waals surface area contributed by atoms with Gasteiger partial charge in [-0.05, 0) is 42.9 Å². The Balaban J connectivity index is 2.72. The summed E-state index contributed by atoms with van der Waals surface area (Å²) in [6.45, 7) is 5.96. The number of aromatic hydroxyl groups is 1. The van der Waals surface area contributed by atoms with Crippen molar-refractivity contribution in [2.45, 2.75) is 52.4 Å². The molecule has 1 rings (SSSR count). The molecule has 0 fully saturated rings. The van der Waals surface area contributed by atoms with Gasteiger partial charge in [0.2, 0.25) is 0 Å². The average Bonchev–Trinajstić information content (AvgIpc) is 2.33. The predicted molar refractivity (Wildman–Crippen MR) is 70.4 cm³/mol. The van der Waals surface area contributed by atoms with E-state index in [1.54, 1.807) is 6.07 Å². The number of carbonyl (C=O) groups excluding carboxylic acids is 1. The highest BCUT2D eigenvalue weighted by Crippen LogP contribution is 2.28. The van der Waals surface area contributed by atoms with Crippen molar-refractivity contribution in [2.75, 3.05) is 0 Å². The molecule has 0 aromatic heterocycles. The van der Waals surface area contributed by atoms with Gasteiger partial charge in [-0.3, -0.25) is 4.79 Å². The lowest BCUT2D eigenvalue weighted by atomic mass is 9.90. The molecule has 0 aliphatic rings. The van der Waals surface area contributed by atoms with Crippen LogP contribution in [-0.4, -0.2) is 10.9 Å². The first-order chi connectivity index (χ1) is 8.08. The van der Waals surface area contributed by atoms with Gasteiger partial charge < -0.3 is 5.11 Å². The maximum atomic E-state index is 11.3. The van der Waals surface area contributed by atoms with Gasteiger partial charge in [0.05, 0.1) is 0 Å². The lowest BCUT2D eigenvalue weighted by Gasteiger charge is -2.15. The van der Waals surface area contributed by atoms with Crippen molar-refractivity contribution in [3.8, 4) is 5.75 Å². The minimum absolute atomic E-state index is 0.332. The van der Waals surface area contributed by atoms with E-state index in [4.69, 9.17) is 0 Å². The number of carbonyl (C=O) groups is 1. The topological polar surface area (TPSA) is 37.3 Å². The van der Waals surface area contributed by atoms with Crippen molar-refractivity contribution in [3.05, 3.63) is 29.3 Å². The van der Waals surface area contributed by atoms with Crippen molar-refractivity contribution in [3.63, 3.8) is 0 Å². The summed E-state index contributed by atoms with van der Waals surface area (Å²) in [5, 5.41) is 9.50. The summed E-state index contributed by atoms with van der Waals surface area (Å²) in [6.07, 6.45) is 3.23. The van der Waals surface area contributed by atoms with E-state index in [9.17, 15) is 9.90 Å².